The number of sulfonamides is 1. The van der Waals surface area contributed by atoms with Gasteiger partial charge in [0.2, 0.25) is 10.0 Å². The number of carbonyl (C=O) groups excluding carboxylic acids is 1. The Morgan fingerprint density at radius 1 is 1.04 bits per heavy atom. The number of phenols is 2. The van der Waals surface area contributed by atoms with Crippen LogP contribution >= 0.6 is 0 Å². The van der Waals surface area contributed by atoms with Crippen molar-refractivity contribution < 1.29 is 23.4 Å². The van der Waals surface area contributed by atoms with E-state index >= 15 is 0 Å². The molecule has 0 unspecified atom stereocenters. The molecule has 2 aromatic rings. The summed E-state index contributed by atoms with van der Waals surface area (Å²) in [5.41, 5.74) is 2.88. The lowest BCUT2D eigenvalue weighted by Gasteiger charge is -2.25. The van der Waals surface area contributed by atoms with Gasteiger partial charge in [-0.3, -0.25) is 4.79 Å². The zero-order valence-electron chi connectivity index (χ0n) is 15.1. The summed E-state index contributed by atoms with van der Waals surface area (Å²) < 4.78 is 26.7. The molecular formula is C19H21N3O5S. The summed E-state index contributed by atoms with van der Waals surface area (Å²) in [7, 11) is -3.54. The second-order valence-electron chi connectivity index (χ2n) is 6.43. The summed E-state index contributed by atoms with van der Waals surface area (Å²) >= 11 is 0. The Balaban J connectivity index is 1.65. The standard InChI is InChI=1S/C19H21N3O5S/c23-16-7-4-15(18(24)12-16)13-20-21-19(25)14-5-8-17(9-6-14)28(26,27)22-10-2-1-3-11-22/h4-9,12-13,23-24H,1-3,10-11H2,(H,21,25)/b20-13-. The number of hydrazone groups is 1. The molecule has 28 heavy (non-hydrogen) atoms. The molecule has 3 N–H and O–H groups in total. The summed E-state index contributed by atoms with van der Waals surface area (Å²) in [4.78, 5) is 12.3. The highest BCUT2D eigenvalue weighted by molar-refractivity contribution is 7.89. The van der Waals surface area contributed by atoms with Crippen LogP contribution in [0.3, 0.4) is 0 Å². The van der Waals surface area contributed by atoms with Crippen molar-refractivity contribution >= 4 is 22.1 Å². The van der Waals surface area contributed by atoms with Crippen molar-refractivity contribution in [2.45, 2.75) is 24.2 Å². The Morgan fingerprint density at radius 2 is 1.71 bits per heavy atom. The first-order chi connectivity index (χ1) is 13.4. The second kappa shape index (κ2) is 8.41. The quantitative estimate of drug-likeness (QED) is 0.521. The summed E-state index contributed by atoms with van der Waals surface area (Å²) in [5.74, 6) is -0.778. The molecule has 9 heteroatoms. The first-order valence-corrected chi connectivity index (χ1v) is 10.3. The minimum atomic E-state index is -3.54. The molecule has 2 aromatic carbocycles. The van der Waals surface area contributed by atoms with Gasteiger partial charge in [-0.25, -0.2) is 13.8 Å². The third kappa shape index (κ3) is 4.49. The molecule has 1 saturated heterocycles. The smallest absolute Gasteiger partial charge is 0.271 e. The Bertz CT molecular complexity index is 981. The fraction of sp³-hybridized carbons (Fsp3) is 0.263. The number of piperidine rings is 1. The Kier molecular flexibility index (Phi) is 5.96. The molecule has 0 atom stereocenters. The van der Waals surface area contributed by atoms with E-state index in [9.17, 15) is 23.4 Å². The Hall–Kier alpha value is -2.91. The van der Waals surface area contributed by atoms with Crippen molar-refractivity contribution in [1.29, 1.82) is 0 Å². The zero-order chi connectivity index (χ0) is 20.1. The van der Waals surface area contributed by atoms with Crippen LogP contribution in [0.2, 0.25) is 0 Å². The minimum Gasteiger partial charge on any atom is -0.508 e. The Labute approximate surface area is 163 Å². The van der Waals surface area contributed by atoms with E-state index < -0.39 is 15.9 Å². The average Bonchev–Trinajstić information content (AvgIpc) is 2.70. The van der Waals surface area contributed by atoms with Crippen LogP contribution in [0.5, 0.6) is 11.5 Å². The highest BCUT2D eigenvalue weighted by Crippen LogP contribution is 2.22. The number of hydrogen-bond acceptors (Lipinski definition) is 6. The number of aromatic hydroxyl groups is 2. The van der Waals surface area contributed by atoms with Gasteiger partial charge in [-0.15, -0.1) is 0 Å². The predicted molar refractivity (Wildman–Crippen MR) is 104 cm³/mol. The number of nitrogens with zero attached hydrogens (tertiary/aromatic N) is 2. The molecule has 0 aliphatic carbocycles. The van der Waals surface area contributed by atoms with Gasteiger partial charge in [0.05, 0.1) is 11.1 Å². The third-order valence-corrected chi connectivity index (χ3v) is 6.37. The van der Waals surface area contributed by atoms with Gasteiger partial charge in [0, 0.05) is 30.3 Å². The van der Waals surface area contributed by atoms with Gasteiger partial charge in [0.15, 0.2) is 0 Å². The third-order valence-electron chi connectivity index (χ3n) is 4.45. The molecule has 3 rings (SSSR count). The van der Waals surface area contributed by atoms with Crippen molar-refractivity contribution in [2.24, 2.45) is 5.10 Å². The first kappa shape index (κ1) is 19.8. The van der Waals surface area contributed by atoms with Crippen LogP contribution in [0, 0.1) is 0 Å². The van der Waals surface area contributed by atoms with E-state index in [-0.39, 0.29) is 22.0 Å². The van der Waals surface area contributed by atoms with E-state index in [1.54, 1.807) is 0 Å². The number of carbonyl (C=O) groups is 1. The average molecular weight is 403 g/mol. The van der Waals surface area contributed by atoms with Crippen LogP contribution in [-0.2, 0) is 10.0 Å². The first-order valence-electron chi connectivity index (χ1n) is 8.83. The number of amides is 1. The molecule has 1 heterocycles. The summed E-state index contributed by atoms with van der Waals surface area (Å²) in [6.45, 7) is 1.03. The van der Waals surface area contributed by atoms with Crippen molar-refractivity contribution in [3.8, 4) is 11.5 Å². The van der Waals surface area contributed by atoms with Crippen molar-refractivity contribution in [3.05, 3.63) is 53.6 Å². The molecule has 1 aliphatic rings. The van der Waals surface area contributed by atoms with Crippen molar-refractivity contribution in [2.75, 3.05) is 13.1 Å². The van der Waals surface area contributed by atoms with Gasteiger partial charge >= 0.3 is 0 Å². The predicted octanol–water partition coefficient (Wildman–Crippen LogP) is 2.04. The topological polar surface area (TPSA) is 119 Å². The largest absolute Gasteiger partial charge is 0.508 e. The zero-order valence-corrected chi connectivity index (χ0v) is 15.9. The van der Waals surface area contributed by atoms with Crippen LogP contribution < -0.4 is 5.43 Å². The maximum Gasteiger partial charge on any atom is 0.271 e. The van der Waals surface area contributed by atoms with Gasteiger partial charge in [0.25, 0.3) is 5.91 Å². The van der Waals surface area contributed by atoms with Crippen LogP contribution in [-0.4, -0.2) is 48.1 Å². The van der Waals surface area contributed by atoms with Crippen LogP contribution in [0.4, 0.5) is 0 Å². The SMILES string of the molecule is O=C(N/N=C\c1ccc(O)cc1O)c1ccc(S(=O)(=O)N2CCCCC2)cc1. The molecule has 0 saturated carbocycles. The van der Waals surface area contributed by atoms with Crippen LogP contribution in [0.25, 0.3) is 0 Å². The Morgan fingerprint density at radius 3 is 2.36 bits per heavy atom. The fourth-order valence-electron chi connectivity index (χ4n) is 2.90. The second-order valence-corrected chi connectivity index (χ2v) is 8.37. The van der Waals surface area contributed by atoms with Crippen molar-refractivity contribution in [1.82, 2.24) is 9.73 Å². The molecule has 1 aliphatic heterocycles. The molecule has 0 aromatic heterocycles. The lowest BCUT2D eigenvalue weighted by molar-refractivity contribution is 0.0955. The van der Waals surface area contributed by atoms with Gasteiger partial charge in [-0.1, -0.05) is 6.42 Å². The number of phenolic OH excluding ortho intramolecular Hbond substituents is 2. The normalized spacial score (nSPS) is 15.6. The van der Waals surface area contributed by atoms with Gasteiger partial charge in [0.1, 0.15) is 11.5 Å². The molecule has 148 valence electrons. The van der Waals surface area contributed by atoms with E-state index in [2.05, 4.69) is 10.5 Å². The van der Waals surface area contributed by atoms with Crippen LogP contribution in [0.15, 0.2) is 52.5 Å². The summed E-state index contributed by atoms with van der Waals surface area (Å²) in [6, 6.07) is 9.66. The summed E-state index contributed by atoms with van der Waals surface area (Å²) in [5, 5.41) is 22.7. The lowest BCUT2D eigenvalue weighted by atomic mass is 10.2. The lowest BCUT2D eigenvalue weighted by Crippen LogP contribution is -2.35. The van der Waals surface area contributed by atoms with E-state index in [0.717, 1.165) is 25.3 Å². The fourth-order valence-corrected chi connectivity index (χ4v) is 4.42. The van der Waals surface area contributed by atoms with E-state index in [1.807, 2.05) is 0 Å². The monoisotopic (exact) mass is 403 g/mol. The number of hydrogen-bond donors (Lipinski definition) is 3. The molecule has 0 bridgehead atoms. The van der Waals surface area contributed by atoms with E-state index in [0.29, 0.717) is 18.7 Å². The van der Waals surface area contributed by atoms with Gasteiger partial charge in [-0.05, 0) is 49.2 Å². The molecule has 0 radical (unpaired) electrons. The molecule has 1 amide bonds. The molecule has 0 spiro atoms. The van der Waals surface area contributed by atoms with Crippen LogP contribution in [0.1, 0.15) is 35.2 Å². The summed E-state index contributed by atoms with van der Waals surface area (Å²) in [6.07, 6.45) is 3.98. The number of benzene rings is 2. The number of nitrogens with one attached hydrogen (secondary N) is 1. The van der Waals surface area contributed by atoms with Gasteiger partial charge < -0.3 is 10.2 Å². The maximum absolute atomic E-state index is 12.6. The highest BCUT2D eigenvalue weighted by Gasteiger charge is 2.25. The number of rotatable bonds is 5. The van der Waals surface area contributed by atoms with E-state index in [4.69, 9.17) is 0 Å². The maximum atomic E-state index is 12.6. The van der Waals surface area contributed by atoms with Crippen molar-refractivity contribution in [3.63, 3.8) is 0 Å². The van der Waals surface area contributed by atoms with E-state index in [1.165, 1.54) is 46.9 Å². The molecule has 1 fully saturated rings. The van der Waals surface area contributed by atoms with Gasteiger partial charge in [-0.2, -0.15) is 9.41 Å². The molecular weight excluding hydrogens is 382 g/mol. The minimum absolute atomic E-state index is 0.0849. The molecule has 8 nitrogen and oxygen atoms in total. The highest BCUT2D eigenvalue weighted by atomic mass is 32.2.